The first-order valence-corrected chi connectivity index (χ1v) is 11.8. The minimum Gasteiger partial charge on any atom is -0.324 e. The molecular weight excluding hydrogens is 422 g/mol. The molecular formula is C20H17N5O3S2. The van der Waals surface area contributed by atoms with Gasteiger partial charge in [-0.2, -0.15) is 4.68 Å². The van der Waals surface area contributed by atoms with Crippen molar-refractivity contribution in [3.63, 3.8) is 0 Å². The van der Waals surface area contributed by atoms with Crippen LogP contribution in [0.2, 0.25) is 0 Å². The van der Waals surface area contributed by atoms with E-state index in [1.54, 1.807) is 22.9 Å². The lowest BCUT2D eigenvalue weighted by Gasteiger charge is -2.10. The largest absolute Gasteiger partial charge is 0.324 e. The molecule has 0 atom stereocenters. The van der Waals surface area contributed by atoms with Crippen molar-refractivity contribution < 1.29 is 13.2 Å². The van der Waals surface area contributed by atoms with E-state index in [4.69, 9.17) is 0 Å². The number of tetrazole rings is 1. The number of nitrogens with one attached hydrogen (secondary N) is 1. The van der Waals surface area contributed by atoms with Crippen LogP contribution >= 0.6 is 11.8 Å². The molecule has 0 aliphatic heterocycles. The summed E-state index contributed by atoms with van der Waals surface area (Å²) >= 11 is 1.16. The fourth-order valence-corrected chi connectivity index (χ4v) is 4.55. The minimum absolute atomic E-state index is 0.0171. The smallest absolute Gasteiger partial charge is 0.234 e. The number of nitrogens with zero attached hydrogens (tertiary/aromatic N) is 4. The number of sulfone groups is 1. The molecule has 0 spiro atoms. The maximum absolute atomic E-state index is 12.4. The summed E-state index contributed by atoms with van der Waals surface area (Å²) in [5.74, 6) is -0.341. The number of anilines is 1. The standard InChI is InChI=1S/C20H17N5O3S2/c1-30(27,28)18-12-5-4-10-16(18)21-19(26)13-29-20-22-23-24-25(20)17-11-6-8-14-7-2-3-9-15(14)17/h2-12H,13H2,1H3,(H,21,26). The van der Waals surface area contributed by atoms with Gasteiger partial charge in [-0.25, -0.2) is 8.42 Å². The summed E-state index contributed by atoms with van der Waals surface area (Å²) < 4.78 is 25.4. The Kier molecular flexibility index (Phi) is 5.51. The SMILES string of the molecule is CS(=O)(=O)c1ccccc1NC(=O)CSc1nnnn1-c1cccc2ccccc12. The van der Waals surface area contributed by atoms with Crippen molar-refractivity contribution >= 4 is 44.0 Å². The lowest BCUT2D eigenvalue weighted by molar-refractivity contribution is -0.113. The van der Waals surface area contributed by atoms with Gasteiger partial charge < -0.3 is 5.32 Å². The highest BCUT2D eigenvalue weighted by Gasteiger charge is 2.17. The van der Waals surface area contributed by atoms with Crippen molar-refractivity contribution in [3.05, 3.63) is 66.7 Å². The highest BCUT2D eigenvalue weighted by Crippen LogP contribution is 2.26. The molecule has 4 rings (SSSR count). The number of thioether (sulfide) groups is 1. The summed E-state index contributed by atoms with van der Waals surface area (Å²) in [6.07, 6.45) is 1.10. The highest BCUT2D eigenvalue weighted by atomic mass is 32.2. The average Bonchev–Trinajstić information content (AvgIpc) is 3.20. The number of carbonyl (C=O) groups excluding carboxylic acids is 1. The number of amides is 1. The van der Waals surface area contributed by atoms with Gasteiger partial charge in [0.25, 0.3) is 0 Å². The molecule has 4 aromatic rings. The zero-order chi connectivity index (χ0) is 21.1. The topological polar surface area (TPSA) is 107 Å². The minimum atomic E-state index is -3.46. The lowest BCUT2D eigenvalue weighted by atomic mass is 10.1. The summed E-state index contributed by atoms with van der Waals surface area (Å²) in [5.41, 5.74) is 1.06. The summed E-state index contributed by atoms with van der Waals surface area (Å²) in [6, 6.07) is 20.0. The first-order chi connectivity index (χ1) is 14.4. The monoisotopic (exact) mass is 439 g/mol. The number of para-hydroxylation sites is 1. The van der Waals surface area contributed by atoms with Gasteiger partial charge in [0, 0.05) is 11.6 Å². The first-order valence-electron chi connectivity index (χ1n) is 8.92. The average molecular weight is 440 g/mol. The van der Waals surface area contributed by atoms with Crippen LogP contribution in [0.5, 0.6) is 0 Å². The van der Waals surface area contributed by atoms with Crippen LogP contribution in [0.25, 0.3) is 16.5 Å². The van der Waals surface area contributed by atoms with Gasteiger partial charge in [-0.3, -0.25) is 4.79 Å². The molecule has 1 heterocycles. The third kappa shape index (κ3) is 4.19. The van der Waals surface area contributed by atoms with Crippen LogP contribution in [0.1, 0.15) is 0 Å². The summed E-state index contributed by atoms with van der Waals surface area (Å²) in [4.78, 5) is 12.5. The number of hydrogen-bond acceptors (Lipinski definition) is 7. The Morgan fingerprint density at radius 2 is 1.77 bits per heavy atom. The van der Waals surface area contributed by atoms with Crippen LogP contribution in [0.15, 0.2) is 76.8 Å². The highest BCUT2D eigenvalue weighted by molar-refractivity contribution is 7.99. The van der Waals surface area contributed by atoms with E-state index in [0.717, 1.165) is 34.5 Å². The fourth-order valence-electron chi connectivity index (χ4n) is 3.02. The molecule has 0 unspecified atom stereocenters. The summed E-state index contributed by atoms with van der Waals surface area (Å²) in [5, 5.41) is 17.0. The number of aromatic nitrogens is 4. The van der Waals surface area contributed by atoms with E-state index in [2.05, 4.69) is 20.8 Å². The maximum Gasteiger partial charge on any atom is 0.234 e. The molecule has 0 saturated heterocycles. The molecule has 0 aliphatic carbocycles. The van der Waals surface area contributed by atoms with Gasteiger partial charge in [0.1, 0.15) is 0 Å². The third-order valence-corrected chi connectivity index (χ3v) is 6.40. The lowest BCUT2D eigenvalue weighted by Crippen LogP contribution is -2.16. The van der Waals surface area contributed by atoms with Crippen molar-refractivity contribution in [1.82, 2.24) is 20.2 Å². The van der Waals surface area contributed by atoms with Crippen molar-refractivity contribution in [3.8, 4) is 5.69 Å². The Morgan fingerprint density at radius 1 is 1.03 bits per heavy atom. The van der Waals surface area contributed by atoms with E-state index in [9.17, 15) is 13.2 Å². The number of rotatable bonds is 6. The van der Waals surface area contributed by atoms with Gasteiger partial charge in [0.15, 0.2) is 9.84 Å². The first kappa shape index (κ1) is 20.0. The molecule has 0 fully saturated rings. The zero-order valence-electron chi connectivity index (χ0n) is 15.9. The van der Waals surface area contributed by atoms with Crippen LogP contribution in [0.4, 0.5) is 5.69 Å². The molecule has 1 aromatic heterocycles. The molecule has 0 saturated carbocycles. The fraction of sp³-hybridized carbons (Fsp3) is 0.100. The number of carbonyl (C=O) groups is 1. The molecule has 152 valence electrons. The van der Waals surface area contributed by atoms with Crippen LogP contribution < -0.4 is 5.32 Å². The molecule has 0 aliphatic rings. The Hall–Kier alpha value is -3.24. The van der Waals surface area contributed by atoms with Crippen molar-refractivity contribution in [2.24, 2.45) is 0 Å². The normalized spacial score (nSPS) is 11.5. The number of fused-ring (bicyclic) bond motifs is 1. The van der Waals surface area contributed by atoms with Gasteiger partial charge >= 0.3 is 0 Å². The second-order valence-electron chi connectivity index (χ2n) is 6.48. The van der Waals surface area contributed by atoms with Gasteiger partial charge in [-0.15, -0.1) is 5.10 Å². The Bertz CT molecular complexity index is 1330. The Morgan fingerprint density at radius 3 is 2.60 bits per heavy atom. The van der Waals surface area contributed by atoms with Crippen molar-refractivity contribution in [2.45, 2.75) is 10.1 Å². The van der Waals surface area contributed by atoms with E-state index in [-0.39, 0.29) is 22.2 Å². The quantitative estimate of drug-likeness (QED) is 0.460. The van der Waals surface area contributed by atoms with E-state index in [1.807, 2.05) is 42.5 Å². The summed E-state index contributed by atoms with van der Waals surface area (Å²) in [6.45, 7) is 0. The number of benzene rings is 3. The van der Waals surface area contributed by atoms with E-state index in [0.29, 0.717) is 5.16 Å². The predicted molar refractivity (Wildman–Crippen MR) is 116 cm³/mol. The molecule has 10 heteroatoms. The summed E-state index contributed by atoms with van der Waals surface area (Å²) in [7, 11) is -3.46. The van der Waals surface area contributed by atoms with Gasteiger partial charge in [0.05, 0.1) is 22.0 Å². The molecule has 0 radical (unpaired) electrons. The van der Waals surface area contributed by atoms with Crippen LogP contribution in [0.3, 0.4) is 0 Å². The second kappa shape index (κ2) is 8.25. The molecule has 30 heavy (non-hydrogen) atoms. The maximum atomic E-state index is 12.4. The predicted octanol–water partition coefficient (Wildman–Crippen LogP) is 2.95. The van der Waals surface area contributed by atoms with Crippen LogP contribution in [0, 0.1) is 0 Å². The molecule has 3 aromatic carbocycles. The Balaban J connectivity index is 1.53. The Labute approximate surface area is 177 Å². The van der Waals surface area contributed by atoms with Gasteiger partial charge in [-0.1, -0.05) is 60.3 Å². The van der Waals surface area contributed by atoms with E-state index < -0.39 is 9.84 Å². The van der Waals surface area contributed by atoms with Crippen LogP contribution in [-0.4, -0.2) is 46.5 Å². The van der Waals surface area contributed by atoms with Crippen molar-refractivity contribution in [2.75, 3.05) is 17.3 Å². The van der Waals surface area contributed by atoms with E-state index >= 15 is 0 Å². The molecule has 0 bridgehead atoms. The van der Waals surface area contributed by atoms with E-state index in [1.165, 1.54) is 6.07 Å². The van der Waals surface area contributed by atoms with Gasteiger partial charge in [0.2, 0.25) is 11.1 Å². The molecule has 8 nitrogen and oxygen atoms in total. The van der Waals surface area contributed by atoms with Crippen LogP contribution in [-0.2, 0) is 14.6 Å². The molecule has 1 amide bonds. The second-order valence-corrected chi connectivity index (χ2v) is 9.40. The zero-order valence-corrected chi connectivity index (χ0v) is 17.5. The third-order valence-electron chi connectivity index (χ3n) is 4.33. The molecule has 1 N–H and O–H groups in total. The number of hydrogen-bond donors (Lipinski definition) is 1. The van der Waals surface area contributed by atoms with Crippen molar-refractivity contribution in [1.29, 1.82) is 0 Å². The van der Waals surface area contributed by atoms with Gasteiger partial charge in [-0.05, 0) is 34.0 Å².